The molecule has 4 aromatic carbocycles. The highest BCUT2D eigenvalue weighted by Crippen LogP contribution is 2.35. The van der Waals surface area contributed by atoms with Crippen LogP contribution in [0.4, 0.5) is 10.1 Å². The van der Waals surface area contributed by atoms with Crippen molar-refractivity contribution in [2.24, 2.45) is 0 Å². The van der Waals surface area contributed by atoms with E-state index in [1.807, 2.05) is 21.1 Å². The number of hydrogen-bond acceptors (Lipinski definition) is 8. The number of carbonyl (C=O) groups excluding carboxylic acids is 1. The number of nitrogens with one attached hydrogen (secondary N) is 1. The van der Waals surface area contributed by atoms with Crippen molar-refractivity contribution in [3.63, 3.8) is 0 Å². The van der Waals surface area contributed by atoms with Crippen LogP contribution in [0, 0.1) is 5.82 Å². The molecule has 1 aliphatic heterocycles. The first-order valence-electron chi connectivity index (χ1n) is 15.5. The molecule has 11 heteroatoms. The normalized spacial score (nSPS) is 14.5. The molecular weight excluding hydrogens is 589 g/mol. The highest BCUT2D eigenvalue weighted by atomic mass is 19.1. The monoisotopic (exact) mass is 623 g/mol. The van der Waals surface area contributed by atoms with Gasteiger partial charge in [-0.3, -0.25) is 19.2 Å². The second-order valence-corrected chi connectivity index (χ2v) is 12.4. The van der Waals surface area contributed by atoms with Crippen LogP contribution in [0.15, 0.2) is 67.5 Å². The van der Waals surface area contributed by atoms with Gasteiger partial charge in [-0.25, -0.2) is 4.39 Å². The quantitative estimate of drug-likeness (QED) is 0.162. The third-order valence-corrected chi connectivity index (χ3v) is 9.03. The number of anilines is 1. The summed E-state index contributed by atoms with van der Waals surface area (Å²) in [5, 5.41) is 4.11. The summed E-state index contributed by atoms with van der Waals surface area (Å²) in [5.41, 5.74) is -0.326. The maximum Gasteiger partial charge on any atom is 0.259 e. The lowest BCUT2D eigenvalue weighted by atomic mass is 10.0. The van der Waals surface area contributed by atoms with E-state index < -0.39 is 17.2 Å². The predicted octanol–water partition coefficient (Wildman–Crippen LogP) is 3.94. The van der Waals surface area contributed by atoms with Crippen LogP contribution in [0.1, 0.15) is 23.2 Å². The number of rotatable bonds is 7. The number of carbonyl (C=O) groups is 1. The molecule has 2 aromatic heterocycles. The van der Waals surface area contributed by atoms with Crippen molar-refractivity contribution in [1.29, 1.82) is 0 Å². The molecule has 10 nitrogen and oxygen atoms in total. The number of nitrogens with zero attached hydrogens (tertiary/aromatic N) is 4. The van der Waals surface area contributed by atoms with Crippen LogP contribution in [-0.2, 0) is 0 Å². The number of piperazine rings is 1. The van der Waals surface area contributed by atoms with E-state index in [1.54, 1.807) is 39.6 Å². The van der Waals surface area contributed by atoms with E-state index in [1.165, 1.54) is 12.3 Å². The molecule has 0 spiro atoms. The molecule has 3 heterocycles. The van der Waals surface area contributed by atoms with E-state index in [9.17, 15) is 19.2 Å². The molecule has 1 amide bonds. The van der Waals surface area contributed by atoms with E-state index in [2.05, 4.69) is 15.1 Å². The number of aromatic nitrogens is 1. The lowest BCUT2D eigenvalue weighted by Crippen LogP contribution is -2.48. The first kappa shape index (κ1) is 29.8. The van der Waals surface area contributed by atoms with E-state index in [0.717, 1.165) is 25.5 Å². The van der Waals surface area contributed by atoms with Crippen LogP contribution in [0.2, 0.25) is 0 Å². The molecule has 1 fully saturated rings. The average molecular weight is 624 g/mol. The van der Waals surface area contributed by atoms with Gasteiger partial charge in [0, 0.05) is 60.5 Å². The van der Waals surface area contributed by atoms with E-state index >= 15 is 4.39 Å². The van der Waals surface area contributed by atoms with Gasteiger partial charge in [-0.2, -0.15) is 0 Å². The van der Waals surface area contributed by atoms with Crippen LogP contribution in [0.3, 0.4) is 0 Å². The first-order chi connectivity index (χ1) is 22.1. The summed E-state index contributed by atoms with van der Waals surface area (Å²) in [5.74, 6) is -1.13. The Morgan fingerprint density at radius 1 is 0.891 bits per heavy atom. The van der Waals surface area contributed by atoms with Gasteiger partial charge in [-0.15, -0.1) is 0 Å². The minimum Gasteiger partial charge on any atom is -0.451 e. The molecule has 7 rings (SSSR count). The van der Waals surface area contributed by atoms with Gasteiger partial charge in [0.1, 0.15) is 16.8 Å². The number of unbranched alkanes of at least 4 members (excludes halogenated alkanes) is 1. The number of benzene rings is 4. The molecule has 1 N–H and O–H groups in total. The molecule has 0 aliphatic carbocycles. The van der Waals surface area contributed by atoms with Gasteiger partial charge in [0.2, 0.25) is 5.43 Å². The molecule has 0 atom stereocenters. The summed E-state index contributed by atoms with van der Waals surface area (Å²) in [7, 11) is 5.95. The number of halogens is 1. The van der Waals surface area contributed by atoms with Crippen molar-refractivity contribution in [1.82, 2.24) is 19.1 Å². The maximum absolute atomic E-state index is 15.9. The van der Waals surface area contributed by atoms with Crippen LogP contribution in [0.5, 0.6) is 0 Å². The molecule has 0 unspecified atom stereocenters. The van der Waals surface area contributed by atoms with Crippen molar-refractivity contribution in [3.8, 4) is 0 Å². The lowest BCUT2D eigenvalue weighted by molar-refractivity contribution is 0.0662. The third kappa shape index (κ3) is 4.87. The van der Waals surface area contributed by atoms with Crippen molar-refractivity contribution in [2.75, 3.05) is 65.7 Å². The molecular formula is C35H34FN5O5. The highest BCUT2D eigenvalue weighted by Gasteiger charge is 2.27. The van der Waals surface area contributed by atoms with Crippen molar-refractivity contribution < 1.29 is 13.6 Å². The van der Waals surface area contributed by atoms with Gasteiger partial charge in [-0.05, 0) is 58.7 Å². The Hall–Kier alpha value is -4.87. The molecule has 0 saturated carbocycles. The Kier molecular flexibility index (Phi) is 7.45. The Morgan fingerprint density at radius 3 is 2.24 bits per heavy atom. The Balaban J connectivity index is 1.51. The number of pyridine rings is 1. The molecule has 1 saturated heterocycles. The van der Waals surface area contributed by atoms with Crippen LogP contribution in [0.25, 0.3) is 49.1 Å². The summed E-state index contributed by atoms with van der Waals surface area (Å²) in [4.78, 5) is 60.7. The number of fused-ring (bicyclic) bond motifs is 4. The summed E-state index contributed by atoms with van der Waals surface area (Å²) in [6.45, 7) is 3.56. The van der Waals surface area contributed by atoms with Gasteiger partial charge in [-0.1, -0.05) is 24.3 Å². The lowest BCUT2D eigenvalue weighted by Gasteiger charge is -2.32. The Labute approximate surface area is 262 Å². The highest BCUT2D eigenvalue weighted by molar-refractivity contribution is 6.08. The molecule has 0 radical (unpaired) electrons. The Morgan fingerprint density at radius 2 is 1.57 bits per heavy atom. The second kappa shape index (κ2) is 11.5. The topological polar surface area (TPSA) is 108 Å². The average Bonchev–Trinajstić information content (AvgIpc) is 3.05. The smallest absolute Gasteiger partial charge is 0.259 e. The minimum absolute atomic E-state index is 0.0123. The Bertz CT molecular complexity index is 2360. The van der Waals surface area contributed by atoms with Gasteiger partial charge in [0.25, 0.3) is 5.91 Å². The predicted molar refractivity (Wildman–Crippen MR) is 179 cm³/mol. The number of likely N-dealkylation sites (N-methyl/N-ethyl adjacent to an activating group) is 1. The molecule has 0 bridgehead atoms. The largest absolute Gasteiger partial charge is 0.451 e. The van der Waals surface area contributed by atoms with Crippen LogP contribution in [-0.4, -0.2) is 85.4 Å². The van der Waals surface area contributed by atoms with E-state index in [-0.39, 0.29) is 54.9 Å². The number of hydrogen-bond donors (Lipinski definition) is 1. The third-order valence-electron chi connectivity index (χ3n) is 9.03. The van der Waals surface area contributed by atoms with E-state index in [0.29, 0.717) is 49.0 Å². The SMILES string of the molecule is CN(C)CCCCNc1c(F)cc2c(=O)c(C(=O)N3CCN(C)CC3)cn3c4cc5c(=O)c6ccccc6c(=O)c5cc4oc1c23. The fraction of sp³-hybridized carbons (Fsp3) is 0.314. The summed E-state index contributed by atoms with van der Waals surface area (Å²) < 4.78 is 23.9. The number of amides is 1. The van der Waals surface area contributed by atoms with Crippen molar-refractivity contribution >= 4 is 60.7 Å². The van der Waals surface area contributed by atoms with Gasteiger partial charge in [0.15, 0.2) is 27.8 Å². The van der Waals surface area contributed by atoms with Crippen LogP contribution >= 0.6 is 0 Å². The zero-order valence-corrected chi connectivity index (χ0v) is 26.0. The van der Waals surface area contributed by atoms with Gasteiger partial charge >= 0.3 is 0 Å². The van der Waals surface area contributed by atoms with Crippen LogP contribution < -0.4 is 21.6 Å². The van der Waals surface area contributed by atoms with E-state index in [4.69, 9.17) is 4.42 Å². The van der Waals surface area contributed by atoms with Gasteiger partial charge < -0.3 is 28.8 Å². The molecule has 6 aromatic rings. The van der Waals surface area contributed by atoms with Gasteiger partial charge in [0.05, 0.1) is 10.9 Å². The molecule has 1 aliphatic rings. The summed E-state index contributed by atoms with van der Waals surface area (Å²) in [6, 6.07) is 10.9. The maximum atomic E-state index is 15.9. The zero-order chi connectivity index (χ0) is 32.3. The fourth-order valence-corrected chi connectivity index (χ4v) is 6.47. The van der Waals surface area contributed by atoms with Crippen molar-refractivity contribution in [3.05, 3.63) is 90.7 Å². The standard InChI is InChI=1S/C35H34FN5O5/c1-38(2)11-7-6-10-37-29-26(36)16-24-30-34(29)46-28-18-23-22(31(42)20-8-4-5-9-21(20)32(23)43)17-27(28)41(30)19-25(33(24)44)35(45)40-14-12-39(3)13-15-40/h4-5,8-9,16-19,37H,6-7,10-15H2,1-3H3. The second-order valence-electron chi connectivity index (χ2n) is 12.4. The van der Waals surface area contributed by atoms with Crippen molar-refractivity contribution in [2.45, 2.75) is 12.8 Å². The summed E-state index contributed by atoms with van der Waals surface area (Å²) >= 11 is 0. The summed E-state index contributed by atoms with van der Waals surface area (Å²) in [6.07, 6.45) is 3.12. The first-order valence-corrected chi connectivity index (χ1v) is 15.5. The minimum atomic E-state index is -0.690. The zero-order valence-electron chi connectivity index (χ0n) is 26.0. The molecule has 46 heavy (non-hydrogen) atoms. The molecule has 236 valence electrons. The fourth-order valence-electron chi connectivity index (χ4n) is 6.47.